The average molecular weight is 305 g/mol. The van der Waals surface area contributed by atoms with Crippen LogP contribution in [0.4, 0.5) is 4.79 Å². The van der Waals surface area contributed by atoms with Gasteiger partial charge in [0.2, 0.25) is 0 Å². The third kappa shape index (κ3) is 5.64. The number of aromatic nitrogens is 1. The molecule has 0 unspecified atom stereocenters. The second-order valence-corrected chi connectivity index (χ2v) is 6.91. The Labute approximate surface area is 133 Å². The van der Waals surface area contributed by atoms with Gasteiger partial charge >= 0.3 is 6.09 Å². The maximum Gasteiger partial charge on any atom is 0.410 e. The monoisotopic (exact) mass is 305 g/mol. The molecule has 2 rings (SSSR count). The van der Waals surface area contributed by atoms with Crippen molar-refractivity contribution in [3.63, 3.8) is 0 Å². The van der Waals surface area contributed by atoms with Gasteiger partial charge in [0.25, 0.3) is 0 Å². The van der Waals surface area contributed by atoms with E-state index >= 15 is 0 Å². The third-order valence-electron chi connectivity index (χ3n) is 3.42. The Morgan fingerprint density at radius 1 is 1.41 bits per heavy atom. The van der Waals surface area contributed by atoms with Crippen molar-refractivity contribution >= 4 is 6.09 Å². The highest BCUT2D eigenvalue weighted by Crippen LogP contribution is 2.28. The van der Waals surface area contributed by atoms with Crippen LogP contribution >= 0.6 is 0 Å². The normalized spacial score (nSPS) is 14.7. The van der Waals surface area contributed by atoms with E-state index < -0.39 is 5.60 Å². The van der Waals surface area contributed by atoms with Crippen LogP contribution < -0.4 is 5.32 Å². The smallest absolute Gasteiger partial charge is 0.410 e. The summed E-state index contributed by atoms with van der Waals surface area (Å²) in [7, 11) is 0. The first-order valence-corrected chi connectivity index (χ1v) is 7.97. The summed E-state index contributed by atoms with van der Waals surface area (Å²) in [6.07, 6.45) is 3.83. The molecular formula is C17H27N3O2. The molecule has 1 N–H and O–H groups in total. The molecule has 1 fully saturated rings. The molecule has 1 aromatic rings. The van der Waals surface area contributed by atoms with Crippen LogP contribution in [0.3, 0.4) is 0 Å². The second kappa shape index (κ2) is 7.09. The van der Waals surface area contributed by atoms with Crippen LogP contribution in [0.25, 0.3) is 0 Å². The molecule has 0 bridgehead atoms. The molecule has 1 amide bonds. The van der Waals surface area contributed by atoms with Gasteiger partial charge in [-0.2, -0.15) is 0 Å². The third-order valence-corrected chi connectivity index (χ3v) is 3.42. The first-order valence-electron chi connectivity index (χ1n) is 7.97. The number of carbonyl (C=O) groups is 1. The van der Waals surface area contributed by atoms with Crippen LogP contribution in [0, 0.1) is 6.92 Å². The van der Waals surface area contributed by atoms with Crippen molar-refractivity contribution in [3.05, 3.63) is 29.6 Å². The predicted octanol–water partition coefficient (Wildman–Crippen LogP) is 2.88. The topological polar surface area (TPSA) is 54.5 Å². The Hall–Kier alpha value is -1.62. The number of rotatable bonds is 6. The number of hydrogen-bond donors (Lipinski definition) is 1. The molecule has 0 aliphatic heterocycles. The van der Waals surface area contributed by atoms with E-state index in [0.29, 0.717) is 19.1 Å². The van der Waals surface area contributed by atoms with Crippen molar-refractivity contribution in [2.75, 3.05) is 13.1 Å². The Balaban J connectivity index is 1.75. The van der Waals surface area contributed by atoms with E-state index in [1.54, 1.807) is 0 Å². The Kier molecular flexibility index (Phi) is 5.40. The standard InChI is InChI=1S/C17H27N3O2/c1-13-5-6-14(19-11-13)12-18-9-10-20(15-7-8-15)16(21)22-17(2,3)4/h5-6,11,15,18H,7-10,12H2,1-4H3. The molecule has 1 heterocycles. The van der Waals surface area contributed by atoms with E-state index in [4.69, 9.17) is 4.74 Å². The van der Waals surface area contributed by atoms with E-state index in [-0.39, 0.29) is 6.09 Å². The fraction of sp³-hybridized carbons (Fsp3) is 0.647. The summed E-state index contributed by atoms with van der Waals surface area (Å²) in [5.41, 5.74) is 1.73. The van der Waals surface area contributed by atoms with Crippen molar-refractivity contribution in [3.8, 4) is 0 Å². The second-order valence-electron chi connectivity index (χ2n) is 6.91. The van der Waals surface area contributed by atoms with Crippen molar-refractivity contribution < 1.29 is 9.53 Å². The van der Waals surface area contributed by atoms with Crippen LogP contribution in [0.2, 0.25) is 0 Å². The van der Waals surface area contributed by atoms with Gasteiger partial charge < -0.3 is 15.0 Å². The lowest BCUT2D eigenvalue weighted by molar-refractivity contribution is 0.0236. The summed E-state index contributed by atoms with van der Waals surface area (Å²) in [5.74, 6) is 0. The van der Waals surface area contributed by atoms with Crippen LogP contribution in [0.5, 0.6) is 0 Å². The van der Waals surface area contributed by atoms with Crippen molar-refractivity contribution in [2.45, 2.75) is 58.7 Å². The van der Waals surface area contributed by atoms with Crippen molar-refractivity contribution in [2.24, 2.45) is 0 Å². The minimum Gasteiger partial charge on any atom is -0.444 e. The minimum absolute atomic E-state index is 0.203. The number of nitrogens with zero attached hydrogens (tertiary/aromatic N) is 2. The zero-order valence-corrected chi connectivity index (χ0v) is 14.1. The van der Waals surface area contributed by atoms with Gasteiger partial charge in [-0.05, 0) is 52.2 Å². The van der Waals surface area contributed by atoms with Crippen molar-refractivity contribution in [1.82, 2.24) is 15.2 Å². The lowest BCUT2D eigenvalue weighted by atomic mass is 10.2. The SMILES string of the molecule is Cc1ccc(CNCCN(C(=O)OC(C)(C)C)C2CC2)nc1. The van der Waals surface area contributed by atoms with E-state index in [1.165, 1.54) is 0 Å². The lowest BCUT2D eigenvalue weighted by Gasteiger charge is -2.27. The van der Waals surface area contributed by atoms with Gasteiger partial charge in [-0.15, -0.1) is 0 Å². The van der Waals surface area contributed by atoms with E-state index in [9.17, 15) is 4.79 Å². The number of hydrogen-bond acceptors (Lipinski definition) is 4. The summed E-state index contributed by atoms with van der Waals surface area (Å²) < 4.78 is 5.48. The molecule has 122 valence electrons. The maximum atomic E-state index is 12.2. The van der Waals surface area contributed by atoms with Gasteiger partial charge in [0, 0.05) is 31.9 Å². The van der Waals surface area contributed by atoms with Crippen molar-refractivity contribution in [1.29, 1.82) is 0 Å². The first kappa shape index (κ1) is 16.7. The zero-order valence-electron chi connectivity index (χ0n) is 14.1. The van der Waals surface area contributed by atoms with Crippen LogP contribution in [0.1, 0.15) is 44.9 Å². The van der Waals surface area contributed by atoms with E-state index in [2.05, 4.69) is 16.4 Å². The molecule has 5 heteroatoms. The summed E-state index contributed by atoms with van der Waals surface area (Å²) in [5, 5.41) is 3.34. The largest absolute Gasteiger partial charge is 0.444 e. The minimum atomic E-state index is -0.441. The highest BCUT2D eigenvalue weighted by Gasteiger charge is 2.34. The molecule has 1 aliphatic rings. The Bertz CT molecular complexity index is 490. The maximum absolute atomic E-state index is 12.2. The molecule has 0 saturated heterocycles. The highest BCUT2D eigenvalue weighted by atomic mass is 16.6. The average Bonchev–Trinajstić information content (AvgIpc) is 3.23. The molecule has 0 radical (unpaired) electrons. The van der Waals surface area contributed by atoms with E-state index in [1.807, 2.05) is 44.9 Å². The van der Waals surface area contributed by atoms with Gasteiger partial charge in [0.1, 0.15) is 5.60 Å². The Morgan fingerprint density at radius 3 is 2.68 bits per heavy atom. The summed E-state index contributed by atoms with van der Waals surface area (Å²) in [4.78, 5) is 18.4. The summed E-state index contributed by atoms with van der Waals surface area (Å²) in [6.45, 7) is 9.86. The molecule has 0 spiro atoms. The number of ether oxygens (including phenoxy) is 1. The molecule has 1 aromatic heterocycles. The number of pyridine rings is 1. The molecule has 1 aliphatic carbocycles. The lowest BCUT2D eigenvalue weighted by Crippen LogP contribution is -2.41. The van der Waals surface area contributed by atoms with Crippen LogP contribution in [-0.2, 0) is 11.3 Å². The summed E-state index contributed by atoms with van der Waals surface area (Å²) in [6, 6.07) is 4.44. The molecular weight excluding hydrogens is 278 g/mol. The quantitative estimate of drug-likeness (QED) is 0.821. The predicted molar refractivity (Wildman–Crippen MR) is 86.6 cm³/mol. The van der Waals surface area contributed by atoms with E-state index in [0.717, 1.165) is 30.6 Å². The molecule has 22 heavy (non-hydrogen) atoms. The molecule has 0 aromatic carbocycles. The molecule has 5 nitrogen and oxygen atoms in total. The number of nitrogens with one attached hydrogen (secondary N) is 1. The van der Waals surface area contributed by atoms with Crippen LogP contribution in [-0.4, -0.2) is 40.7 Å². The Morgan fingerprint density at radius 2 is 2.14 bits per heavy atom. The summed E-state index contributed by atoms with van der Waals surface area (Å²) >= 11 is 0. The number of carbonyl (C=O) groups excluding carboxylic acids is 1. The number of aryl methyl sites for hydroxylation is 1. The molecule has 1 saturated carbocycles. The first-order chi connectivity index (χ1) is 10.3. The zero-order chi connectivity index (χ0) is 16.2. The van der Waals surface area contributed by atoms with Crippen LogP contribution in [0.15, 0.2) is 18.3 Å². The van der Waals surface area contributed by atoms with Gasteiger partial charge in [0.15, 0.2) is 0 Å². The van der Waals surface area contributed by atoms with Gasteiger partial charge in [-0.25, -0.2) is 4.79 Å². The fourth-order valence-corrected chi connectivity index (χ4v) is 2.15. The van der Waals surface area contributed by atoms with Gasteiger partial charge in [-0.1, -0.05) is 6.07 Å². The van der Waals surface area contributed by atoms with Gasteiger partial charge in [-0.3, -0.25) is 4.98 Å². The molecule has 0 atom stereocenters. The number of amides is 1. The van der Waals surface area contributed by atoms with Gasteiger partial charge in [0.05, 0.1) is 5.69 Å². The fourth-order valence-electron chi connectivity index (χ4n) is 2.15. The highest BCUT2D eigenvalue weighted by molar-refractivity contribution is 5.69.